The monoisotopic (exact) mass is 356 g/mol. The van der Waals surface area contributed by atoms with Gasteiger partial charge in [0.1, 0.15) is 11.7 Å². The van der Waals surface area contributed by atoms with Gasteiger partial charge in [-0.1, -0.05) is 12.1 Å². The topological polar surface area (TPSA) is 79.5 Å². The van der Waals surface area contributed by atoms with Crippen molar-refractivity contribution < 1.29 is 14.3 Å². The zero-order chi connectivity index (χ0) is 18.1. The molecule has 26 heavy (non-hydrogen) atoms. The molecular formula is C19H24N4O3. The Morgan fingerprint density at radius 2 is 2.19 bits per heavy atom. The summed E-state index contributed by atoms with van der Waals surface area (Å²) in [7, 11) is 0. The van der Waals surface area contributed by atoms with Crippen LogP contribution in [0.2, 0.25) is 0 Å². The predicted octanol–water partition coefficient (Wildman–Crippen LogP) is 3.20. The van der Waals surface area contributed by atoms with Gasteiger partial charge in [0.15, 0.2) is 11.5 Å². The third-order valence-corrected chi connectivity index (χ3v) is 4.83. The molecule has 0 unspecified atom stereocenters. The number of nitrogens with one attached hydrogen (secondary N) is 2. The van der Waals surface area contributed by atoms with Crippen LogP contribution < -0.4 is 14.8 Å². The van der Waals surface area contributed by atoms with E-state index in [-0.39, 0.29) is 17.7 Å². The van der Waals surface area contributed by atoms with Gasteiger partial charge in [-0.15, -0.1) is 0 Å². The number of nitrogens with zero attached hydrogens (tertiary/aromatic N) is 2. The molecule has 1 aromatic heterocycles. The summed E-state index contributed by atoms with van der Waals surface area (Å²) < 4.78 is 12.3. The molecule has 7 heteroatoms. The highest BCUT2D eigenvalue weighted by Crippen LogP contribution is 2.42. The second-order valence-electron chi connectivity index (χ2n) is 7.50. The quantitative estimate of drug-likeness (QED) is 0.885. The Morgan fingerprint density at radius 1 is 1.38 bits per heavy atom. The van der Waals surface area contributed by atoms with Gasteiger partial charge in [0.05, 0.1) is 11.9 Å². The number of carbonyl (C=O) groups excluding carboxylic acids is 1. The molecule has 1 fully saturated rings. The number of ether oxygens (including phenoxy) is 2. The standard InChI is InChI=1S/C19H24N4O3/c1-19(2)10-13-4-3-5-16(17(13)26-19)25-15-6-8-23(9-7-15)18(24)22-14-11-20-21-12-14/h3-5,11-12,15H,6-10H2,1-2H3,(H,20,21)(H,22,24). The fourth-order valence-corrected chi connectivity index (χ4v) is 3.56. The predicted molar refractivity (Wildman–Crippen MR) is 97.7 cm³/mol. The maximum absolute atomic E-state index is 12.3. The fraction of sp³-hybridized carbons (Fsp3) is 0.474. The Kier molecular flexibility index (Phi) is 4.22. The minimum Gasteiger partial charge on any atom is -0.486 e. The van der Waals surface area contributed by atoms with Crippen LogP contribution in [0.4, 0.5) is 10.5 Å². The number of piperidine rings is 1. The van der Waals surface area contributed by atoms with Crippen molar-refractivity contribution in [3.05, 3.63) is 36.2 Å². The Hall–Kier alpha value is -2.70. The Morgan fingerprint density at radius 3 is 2.92 bits per heavy atom. The summed E-state index contributed by atoms with van der Waals surface area (Å²) in [6.45, 7) is 5.51. The van der Waals surface area contributed by atoms with Crippen LogP contribution in [0, 0.1) is 0 Å². The van der Waals surface area contributed by atoms with Crippen LogP contribution in [0.25, 0.3) is 0 Å². The lowest BCUT2D eigenvalue weighted by Gasteiger charge is -2.32. The Balaban J connectivity index is 1.34. The lowest BCUT2D eigenvalue weighted by molar-refractivity contribution is 0.0995. The number of carbonyl (C=O) groups is 1. The highest BCUT2D eigenvalue weighted by atomic mass is 16.5. The molecule has 0 aliphatic carbocycles. The van der Waals surface area contributed by atoms with Crippen LogP contribution in [0.1, 0.15) is 32.3 Å². The molecular weight excluding hydrogens is 332 g/mol. The average molecular weight is 356 g/mol. The van der Waals surface area contributed by atoms with E-state index < -0.39 is 0 Å². The van der Waals surface area contributed by atoms with E-state index in [2.05, 4.69) is 35.4 Å². The fourth-order valence-electron chi connectivity index (χ4n) is 3.56. The van der Waals surface area contributed by atoms with E-state index in [1.807, 2.05) is 17.0 Å². The number of aromatic nitrogens is 2. The van der Waals surface area contributed by atoms with Crippen LogP contribution in [0.5, 0.6) is 11.5 Å². The molecule has 1 aromatic carbocycles. The number of anilines is 1. The molecule has 3 heterocycles. The minimum absolute atomic E-state index is 0.0896. The van der Waals surface area contributed by atoms with Crippen molar-refractivity contribution in [2.45, 2.75) is 44.8 Å². The van der Waals surface area contributed by atoms with Gasteiger partial charge in [-0.2, -0.15) is 5.10 Å². The zero-order valence-corrected chi connectivity index (χ0v) is 15.1. The molecule has 2 amide bonds. The van der Waals surface area contributed by atoms with Crippen molar-refractivity contribution in [2.24, 2.45) is 0 Å². The van der Waals surface area contributed by atoms with E-state index in [9.17, 15) is 4.79 Å². The molecule has 0 radical (unpaired) electrons. The average Bonchev–Trinajstić information content (AvgIpc) is 3.22. The van der Waals surface area contributed by atoms with Crippen LogP contribution in [-0.4, -0.2) is 45.9 Å². The van der Waals surface area contributed by atoms with Gasteiger partial charge in [0.25, 0.3) is 0 Å². The number of amides is 2. The highest BCUT2D eigenvalue weighted by Gasteiger charge is 2.33. The van der Waals surface area contributed by atoms with Gasteiger partial charge >= 0.3 is 6.03 Å². The van der Waals surface area contributed by atoms with E-state index in [4.69, 9.17) is 9.47 Å². The SMILES string of the molecule is CC1(C)Cc2cccc(OC3CCN(C(=O)Nc4cn[nH]c4)CC3)c2O1. The van der Waals surface area contributed by atoms with Crippen LogP contribution in [0.3, 0.4) is 0 Å². The first-order valence-electron chi connectivity index (χ1n) is 9.02. The number of aromatic amines is 1. The summed E-state index contributed by atoms with van der Waals surface area (Å²) in [5.74, 6) is 1.69. The molecule has 138 valence electrons. The summed E-state index contributed by atoms with van der Waals surface area (Å²) >= 11 is 0. The molecule has 2 aliphatic rings. The van der Waals surface area contributed by atoms with Gasteiger partial charge in [-0.25, -0.2) is 4.79 Å². The number of hydrogen-bond acceptors (Lipinski definition) is 4. The summed E-state index contributed by atoms with van der Waals surface area (Å²) in [6, 6.07) is 5.99. The van der Waals surface area contributed by atoms with E-state index in [0.717, 1.165) is 30.8 Å². The number of likely N-dealkylation sites (tertiary alicyclic amines) is 1. The van der Waals surface area contributed by atoms with Gasteiger partial charge < -0.3 is 19.7 Å². The molecule has 7 nitrogen and oxygen atoms in total. The molecule has 0 saturated carbocycles. The minimum atomic E-state index is -0.184. The zero-order valence-electron chi connectivity index (χ0n) is 15.1. The lowest BCUT2D eigenvalue weighted by atomic mass is 10.0. The molecule has 2 N–H and O–H groups in total. The van der Waals surface area contributed by atoms with E-state index in [1.165, 1.54) is 5.56 Å². The second-order valence-corrected chi connectivity index (χ2v) is 7.50. The Labute approximate surface area is 152 Å². The van der Waals surface area contributed by atoms with Crippen molar-refractivity contribution in [3.63, 3.8) is 0 Å². The largest absolute Gasteiger partial charge is 0.486 e. The number of urea groups is 1. The second kappa shape index (κ2) is 6.55. The lowest BCUT2D eigenvalue weighted by Crippen LogP contribution is -2.43. The summed E-state index contributed by atoms with van der Waals surface area (Å²) in [4.78, 5) is 14.1. The third-order valence-electron chi connectivity index (χ3n) is 4.83. The number of benzene rings is 1. The van der Waals surface area contributed by atoms with Crippen LogP contribution in [0.15, 0.2) is 30.6 Å². The molecule has 2 aromatic rings. The van der Waals surface area contributed by atoms with Crippen molar-refractivity contribution in [1.29, 1.82) is 0 Å². The van der Waals surface area contributed by atoms with E-state index >= 15 is 0 Å². The normalized spacial score (nSPS) is 18.9. The number of H-pyrrole nitrogens is 1. The number of hydrogen-bond donors (Lipinski definition) is 2. The summed E-state index contributed by atoms with van der Waals surface area (Å²) in [6.07, 6.45) is 5.83. The smallest absolute Gasteiger partial charge is 0.321 e. The van der Waals surface area contributed by atoms with E-state index in [0.29, 0.717) is 18.8 Å². The van der Waals surface area contributed by atoms with Crippen molar-refractivity contribution >= 4 is 11.7 Å². The molecule has 0 spiro atoms. The summed E-state index contributed by atoms with van der Waals surface area (Å²) in [5.41, 5.74) is 1.69. The first kappa shape index (κ1) is 16.8. The van der Waals surface area contributed by atoms with Crippen molar-refractivity contribution in [1.82, 2.24) is 15.1 Å². The van der Waals surface area contributed by atoms with Gasteiger partial charge in [0, 0.05) is 44.1 Å². The van der Waals surface area contributed by atoms with E-state index in [1.54, 1.807) is 12.4 Å². The number of fused-ring (bicyclic) bond motifs is 1. The van der Waals surface area contributed by atoms with Gasteiger partial charge in [-0.05, 0) is 19.9 Å². The third kappa shape index (κ3) is 3.47. The van der Waals surface area contributed by atoms with Crippen molar-refractivity contribution in [3.8, 4) is 11.5 Å². The number of rotatable bonds is 3. The molecule has 0 bridgehead atoms. The van der Waals surface area contributed by atoms with Crippen molar-refractivity contribution in [2.75, 3.05) is 18.4 Å². The molecule has 1 saturated heterocycles. The summed E-state index contributed by atoms with van der Waals surface area (Å²) in [5, 5.41) is 9.34. The first-order valence-corrected chi connectivity index (χ1v) is 9.02. The Bertz CT molecular complexity index is 780. The molecule has 4 rings (SSSR count). The van der Waals surface area contributed by atoms with Gasteiger partial charge in [0.2, 0.25) is 0 Å². The molecule has 0 atom stereocenters. The first-order chi connectivity index (χ1) is 12.5. The molecule has 2 aliphatic heterocycles. The van der Waals surface area contributed by atoms with Crippen LogP contribution >= 0.6 is 0 Å². The maximum atomic E-state index is 12.3. The number of para-hydroxylation sites is 1. The highest BCUT2D eigenvalue weighted by molar-refractivity contribution is 5.89. The maximum Gasteiger partial charge on any atom is 0.321 e. The van der Waals surface area contributed by atoms with Crippen LogP contribution in [-0.2, 0) is 6.42 Å². The van der Waals surface area contributed by atoms with Gasteiger partial charge in [-0.3, -0.25) is 5.10 Å².